The fourth-order valence-electron chi connectivity index (χ4n) is 6.02. The van der Waals surface area contributed by atoms with Crippen LogP contribution in [0.3, 0.4) is 0 Å². The summed E-state index contributed by atoms with van der Waals surface area (Å²) in [6.45, 7) is 4.78. The number of benzene rings is 2. The van der Waals surface area contributed by atoms with Gasteiger partial charge in [0.2, 0.25) is 11.8 Å². The summed E-state index contributed by atoms with van der Waals surface area (Å²) in [5.41, 5.74) is 1.50. The Morgan fingerprint density at radius 3 is 2.52 bits per heavy atom. The predicted molar refractivity (Wildman–Crippen MR) is 145 cm³/mol. The van der Waals surface area contributed by atoms with Crippen LogP contribution in [-0.2, 0) is 38.3 Å². The minimum Gasteiger partial charge on any atom is -0.325 e. The van der Waals surface area contributed by atoms with Crippen LogP contribution in [0.1, 0.15) is 43.0 Å². The first-order valence-corrected chi connectivity index (χ1v) is 13.1. The van der Waals surface area contributed by atoms with E-state index in [0.29, 0.717) is 24.3 Å². The highest BCUT2D eigenvalue weighted by molar-refractivity contribution is 6.41. The van der Waals surface area contributed by atoms with Gasteiger partial charge in [0.05, 0.1) is 5.41 Å². The van der Waals surface area contributed by atoms with Crippen molar-refractivity contribution in [3.05, 3.63) is 88.6 Å². The third-order valence-corrected chi connectivity index (χ3v) is 8.05. The van der Waals surface area contributed by atoms with Gasteiger partial charge in [-0.05, 0) is 61.2 Å². The number of carbonyl (C=O) groups excluding carboxylic acids is 3. The molecule has 1 spiro atoms. The highest BCUT2D eigenvalue weighted by Gasteiger charge is 2.51. The molecule has 10 heteroatoms. The number of nitrogens with one attached hydrogen (secondary N) is 2. The van der Waals surface area contributed by atoms with Gasteiger partial charge in [0, 0.05) is 35.0 Å². The number of aromatic nitrogens is 1. The molecule has 40 heavy (non-hydrogen) atoms. The number of rotatable bonds is 5. The molecule has 2 atom stereocenters. The Morgan fingerprint density at radius 2 is 1.80 bits per heavy atom. The van der Waals surface area contributed by atoms with Gasteiger partial charge in [-0.3, -0.25) is 24.3 Å². The molecule has 2 aromatic carbocycles. The molecule has 3 aromatic rings. The zero-order valence-electron chi connectivity index (χ0n) is 22.2. The number of hydrogen-bond donors (Lipinski definition) is 2. The average molecular weight is 544 g/mol. The van der Waals surface area contributed by atoms with Gasteiger partial charge >= 0.3 is 0 Å². The summed E-state index contributed by atoms with van der Waals surface area (Å²) in [7, 11) is 0. The van der Waals surface area contributed by atoms with Crippen LogP contribution in [0.4, 0.5) is 20.3 Å². The maximum Gasteiger partial charge on any atom is 0.270 e. The number of fused-ring (bicyclic) bond motifs is 3. The average Bonchev–Trinajstić information content (AvgIpc) is 3.50. The van der Waals surface area contributed by atoms with E-state index in [0.717, 1.165) is 34.9 Å². The number of anilines is 2. The molecule has 0 saturated heterocycles. The van der Waals surface area contributed by atoms with Gasteiger partial charge < -0.3 is 10.6 Å². The molecule has 3 amide bonds. The molecule has 8 nitrogen and oxygen atoms in total. The molecule has 2 aliphatic heterocycles. The molecule has 0 radical (unpaired) electrons. The highest BCUT2D eigenvalue weighted by atomic mass is 19.1. The van der Waals surface area contributed by atoms with Crippen LogP contribution < -0.4 is 10.6 Å². The number of halogens is 2. The minimum atomic E-state index is -1.46. The van der Waals surface area contributed by atoms with E-state index in [2.05, 4.69) is 20.6 Å². The Morgan fingerprint density at radius 1 is 1.07 bits per heavy atom. The summed E-state index contributed by atoms with van der Waals surface area (Å²) in [6, 6.07) is 12.2. The van der Waals surface area contributed by atoms with Crippen LogP contribution in [0.15, 0.2) is 59.7 Å². The maximum atomic E-state index is 14.1. The molecule has 0 saturated carbocycles. The second-order valence-electron chi connectivity index (χ2n) is 11.0. The molecule has 3 heterocycles. The molecular weight excluding hydrogens is 516 g/mol. The van der Waals surface area contributed by atoms with Crippen LogP contribution in [0.25, 0.3) is 0 Å². The lowest BCUT2D eigenvalue weighted by Gasteiger charge is -2.33. The molecule has 1 aromatic heterocycles. The summed E-state index contributed by atoms with van der Waals surface area (Å²) in [5, 5.41) is 5.72. The molecule has 3 aliphatic rings. The molecule has 0 bridgehead atoms. The maximum absolute atomic E-state index is 14.1. The second kappa shape index (κ2) is 9.04. The Kier molecular flexibility index (Phi) is 5.83. The van der Waals surface area contributed by atoms with E-state index in [4.69, 9.17) is 0 Å². The Balaban J connectivity index is 1.24. The van der Waals surface area contributed by atoms with Gasteiger partial charge in [0.1, 0.15) is 29.7 Å². The van der Waals surface area contributed by atoms with Gasteiger partial charge in [0.25, 0.3) is 5.91 Å². The third-order valence-electron chi connectivity index (χ3n) is 8.05. The summed E-state index contributed by atoms with van der Waals surface area (Å²) >= 11 is 0. The third kappa shape index (κ3) is 3.97. The first-order chi connectivity index (χ1) is 19.0. The standard InChI is InChI=1S/C30H27F2N5O3/c1-16(2)25-27(39)37(29(3,36-25)19-10-20(31)12-21(32)11-19)15-24(38)34-22-7-6-17-13-30(14-18(17)9-22)23-5-4-8-33-26(23)35-28(30)40/h4-12,16H,13-15H2,1-3H3,(H,34,38)(H,33,35,40)/t29-,30-/m1/s1. The molecular formula is C30H27F2N5O3. The number of nitrogens with zero attached hydrogens (tertiary/aromatic N) is 3. The molecule has 0 unspecified atom stereocenters. The van der Waals surface area contributed by atoms with Gasteiger partial charge in [-0.25, -0.2) is 13.8 Å². The summed E-state index contributed by atoms with van der Waals surface area (Å²) < 4.78 is 28.2. The minimum absolute atomic E-state index is 0.0930. The SMILES string of the molecule is CC(C)C1=N[C@@](C)(c2cc(F)cc(F)c2)N(CC(=O)Nc2ccc3c(c2)C[C@@]2(C3)C(=O)Nc3ncccc32)C1=O. The normalized spacial score (nSPS) is 22.9. The Bertz CT molecular complexity index is 1620. The van der Waals surface area contributed by atoms with Crippen LogP contribution in [-0.4, -0.2) is 39.9 Å². The topological polar surface area (TPSA) is 104 Å². The number of pyridine rings is 1. The lowest BCUT2D eigenvalue weighted by Crippen LogP contribution is -2.47. The van der Waals surface area contributed by atoms with E-state index < -0.39 is 34.5 Å². The fraction of sp³-hybridized carbons (Fsp3) is 0.300. The zero-order chi connectivity index (χ0) is 28.4. The van der Waals surface area contributed by atoms with Crippen LogP contribution in [0, 0.1) is 17.6 Å². The molecule has 6 rings (SSSR count). The van der Waals surface area contributed by atoms with Crippen LogP contribution in [0.2, 0.25) is 0 Å². The zero-order valence-corrected chi connectivity index (χ0v) is 22.2. The van der Waals surface area contributed by atoms with E-state index in [-0.39, 0.29) is 29.6 Å². The Labute approximate surface area is 229 Å². The first-order valence-electron chi connectivity index (χ1n) is 13.1. The first kappa shape index (κ1) is 25.8. The summed E-state index contributed by atoms with van der Waals surface area (Å²) in [5.74, 6) is -2.32. The monoisotopic (exact) mass is 543 g/mol. The summed E-state index contributed by atoms with van der Waals surface area (Å²) in [4.78, 5) is 49.6. The van der Waals surface area contributed by atoms with Crippen molar-refractivity contribution in [2.45, 2.75) is 44.7 Å². The van der Waals surface area contributed by atoms with E-state index >= 15 is 0 Å². The lowest BCUT2D eigenvalue weighted by atomic mass is 9.79. The van der Waals surface area contributed by atoms with Crippen molar-refractivity contribution in [1.29, 1.82) is 0 Å². The fourth-order valence-corrected chi connectivity index (χ4v) is 6.02. The smallest absolute Gasteiger partial charge is 0.270 e. The predicted octanol–water partition coefficient (Wildman–Crippen LogP) is 4.10. The van der Waals surface area contributed by atoms with Crippen molar-refractivity contribution in [2.24, 2.45) is 10.9 Å². The lowest BCUT2D eigenvalue weighted by molar-refractivity contribution is -0.133. The molecule has 1 aliphatic carbocycles. The second-order valence-corrected chi connectivity index (χ2v) is 11.0. The number of aliphatic imine (C=N–C) groups is 1. The van der Waals surface area contributed by atoms with E-state index in [1.165, 1.54) is 4.90 Å². The van der Waals surface area contributed by atoms with Crippen molar-refractivity contribution in [2.75, 3.05) is 17.2 Å². The van der Waals surface area contributed by atoms with Crippen LogP contribution >= 0.6 is 0 Å². The van der Waals surface area contributed by atoms with Crippen molar-refractivity contribution in [1.82, 2.24) is 9.88 Å². The quantitative estimate of drug-likeness (QED) is 0.506. The van der Waals surface area contributed by atoms with Crippen molar-refractivity contribution in [3.63, 3.8) is 0 Å². The van der Waals surface area contributed by atoms with Gasteiger partial charge in [0.15, 0.2) is 5.66 Å². The van der Waals surface area contributed by atoms with Crippen molar-refractivity contribution in [3.8, 4) is 0 Å². The number of amides is 3. The number of carbonyl (C=O) groups is 3. The molecule has 204 valence electrons. The summed E-state index contributed by atoms with van der Waals surface area (Å²) in [6.07, 6.45) is 2.64. The van der Waals surface area contributed by atoms with Crippen molar-refractivity contribution < 1.29 is 23.2 Å². The van der Waals surface area contributed by atoms with E-state index in [1.54, 1.807) is 33.0 Å². The van der Waals surface area contributed by atoms with Gasteiger partial charge in [-0.2, -0.15) is 0 Å². The van der Waals surface area contributed by atoms with Gasteiger partial charge in [-0.15, -0.1) is 0 Å². The molecule has 2 N–H and O–H groups in total. The van der Waals surface area contributed by atoms with E-state index in [1.807, 2.05) is 24.3 Å². The van der Waals surface area contributed by atoms with E-state index in [9.17, 15) is 23.2 Å². The van der Waals surface area contributed by atoms with Crippen molar-refractivity contribution >= 4 is 34.9 Å². The number of hydrogen-bond acceptors (Lipinski definition) is 5. The Hall–Kier alpha value is -4.47. The van der Waals surface area contributed by atoms with Gasteiger partial charge in [-0.1, -0.05) is 26.0 Å². The largest absolute Gasteiger partial charge is 0.325 e. The highest BCUT2D eigenvalue weighted by Crippen LogP contribution is 2.47. The molecule has 0 fully saturated rings. The van der Waals surface area contributed by atoms with Crippen LogP contribution in [0.5, 0.6) is 0 Å².